The van der Waals surface area contributed by atoms with Gasteiger partial charge in [0.15, 0.2) is 5.16 Å². The van der Waals surface area contributed by atoms with E-state index in [1.54, 1.807) is 11.3 Å². The largest absolute Gasteiger partial charge is 0.424 e. The van der Waals surface area contributed by atoms with Gasteiger partial charge in [0.1, 0.15) is 4.83 Å². The van der Waals surface area contributed by atoms with Gasteiger partial charge in [-0.05, 0) is 58.3 Å². The first kappa shape index (κ1) is 20.6. The van der Waals surface area contributed by atoms with Crippen molar-refractivity contribution in [2.24, 2.45) is 0 Å². The third-order valence-corrected chi connectivity index (χ3v) is 7.31. The molecule has 3 heterocycles. The van der Waals surface area contributed by atoms with Gasteiger partial charge in [-0.3, -0.25) is 9.36 Å². The molecule has 156 valence electrons. The number of nitrogens with zero attached hydrogens (tertiary/aromatic N) is 5. The Labute approximate surface area is 178 Å². The molecule has 9 heteroatoms. The fourth-order valence-corrected chi connectivity index (χ4v) is 5.85. The first-order valence-corrected chi connectivity index (χ1v) is 12.0. The molecule has 0 spiro atoms. The van der Waals surface area contributed by atoms with Gasteiger partial charge in [-0.2, -0.15) is 0 Å². The molecule has 7 nitrogen and oxygen atoms in total. The van der Waals surface area contributed by atoms with E-state index in [4.69, 9.17) is 9.40 Å². The van der Waals surface area contributed by atoms with Gasteiger partial charge in [0.2, 0.25) is 11.8 Å². The Morgan fingerprint density at radius 1 is 1.21 bits per heavy atom. The molecule has 1 aliphatic rings. The molecule has 3 aromatic rings. The fourth-order valence-electron chi connectivity index (χ4n) is 3.69. The predicted molar refractivity (Wildman–Crippen MR) is 117 cm³/mol. The lowest BCUT2D eigenvalue weighted by molar-refractivity contribution is 0.379. The van der Waals surface area contributed by atoms with Crippen molar-refractivity contribution >= 4 is 33.3 Å². The van der Waals surface area contributed by atoms with Crippen molar-refractivity contribution in [3.63, 3.8) is 0 Å². The smallest absolute Gasteiger partial charge is 0.263 e. The summed E-state index contributed by atoms with van der Waals surface area (Å²) in [5.74, 6) is 1.73. The van der Waals surface area contributed by atoms with Crippen molar-refractivity contribution in [2.45, 2.75) is 62.9 Å². The van der Waals surface area contributed by atoms with Gasteiger partial charge < -0.3 is 9.32 Å². The van der Waals surface area contributed by atoms with Crippen LogP contribution in [0.25, 0.3) is 10.2 Å². The maximum atomic E-state index is 13.5. The molecular weight excluding hydrogens is 406 g/mol. The molecule has 29 heavy (non-hydrogen) atoms. The van der Waals surface area contributed by atoms with Crippen molar-refractivity contribution < 1.29 is 4.42 Å². The van der Waals surface area contributed by atoms with E-state index >= 15 is 0 Å². The second-order valence-electron chi connectivity index (χ2n) is 7.63. The molecule has 0 N–H and O–H groups in total. The van der Waals surface area contributed by atoms with Gasteiger partial charge in [0, 0.05) is 17.8 Å². The second kappa shape index (κ2) is 8.97. The maximum absolute atomic E-state index is 13.5. The van der Waals surface area contributed by atoms with E-state index in [9.17, 15) is 4.79 Å². The highest BCUT2D eigenvalue weighted by Crippen LogP contribution is 2.35. The van der Waals surface area contributed by atoms with Crippen molar-refractivity contribution in [3.05, 3.63) is 32.6 Å². The summed E-state index contributed by atoms with van der Waals surface area (Å²) in [7, 11) is 4.10. The molecular formula is C20H27N5O2S2. The highest BCUT2D eigenvalue weighted by Gasteiger charge is 2.22. The Morgan fingerprint density at radius 2 is 2.00 bits per heavy atom. The molecule has 0 bridgehead atoms. The number of aryl methyl sites for hydroxylation is 3. The molecule has 4 rings (SSSR count). The average Bonchev–Trinajstić information content (AvgIpc) is 3.32. The van der Waals surface area contributed by atoms with Crippen LogP contribution in [0.4, 0.5) is 0 Å². The average molecular weight is 434 g/mol. The first-order chi connectivity index (χ1) is 14.1. The Bertz CT molecular complexity index is 1050. The minimum absolute atomic E-state index is 0.107. The summed E-state index contributed by atoms with van der Waals surface area (Å²) in [6.45, 7) is 3.58. The maximum Gasteiger partial charge on any atom is 0.263 e. The highest BCUT2D eigenvalue weighted by atomic mass is 32.2. The SMILES string of the molecule is CCc1nnc(CSc2nc3sc4c(c3c(=O)n2CCCN(C)C)CCCC4)o1. The van der Waals surface area contributed by atoms with Crippen LogP contribution in [0.1, 0.15) is 48.4 Å². The third kappa shape index (κ3) is 4.41. The lowest BCUT2D eigenvalue weighted by Gasteiger charge is -2.14. The number of rotatable bonds is 8. The summed E-state index contributed by atoms with van der Waals surface area (Å²) >= 11 is 3.20. The van der Waals surface area contributed by atoms with Crippen LogP contribution >= 0.6 is 23.1 Å². The van der Waals surface area contributed by atoms with Crippen molar-refractivity contribution in [2.75, 3.05) is 20.6 Å². The topological polar surface area (TPSA) is 77.1 Å². The molecule has 0 aliphatic heterocycles. The third-order valence-electron chi connectivity index (χ3n) is 5.16. The zero-order chi connectivity index (χ0) is 20.4. The second-order valence-corrected chi connectivity index (χ2v) is 9.66. The van der Waals surface area contributed by atoms with E-state index in [2.05, 4.69) is 29.2 Å². The summed E-state index contributed by atoms with van der Waals surface area (Å²) in [6.07, 6.45) is 6.05. The molecule has 0 atom stereocenters. The zero-order valence-electron chi connectivity index (χ0n) is 17.2. The van der Waals surface area contributed by atoms with Crippen LogP contribution in [0, 0.1) is 0 Å². The molecule has 0 amide bonds. The summed E-state index contributed by atoms with van der Waals surface area (Å²) in [6, 6.07) is 0. The number of aromatic nitrogens is 4. The molecule has 0 saturated carbocycles. The number of hydrogen-bond donors (Lipinski definition) is 0. The van der Waals surface area contributed by atoms with Crippen LogP contribution in [0.15, 0.2) is 14.4 Å². The van der Waals surface area contributed by atoms with Crippen LogP contribution in [-0.2, 0) is 31.6 Å². The quantitative estimate of drug-likeness (QED) is 0.397. The Kier molecular flexibility index (Phi) is 6.36. The standard InChI is InChI=1S/C20H27N5O2S2/c1-4-15-22-23-16(27-15)12-28-20-21-18-17(13-8-5-6-9-14(13)29-18)19(26)25(20)11-7-10-24(2)3/h4-12H2,1-3H3. The van der Waals surface area contributed by atoms with Crippen LogP contribution in [0.2, 0.25) is 0 Å². The Hall–Kier alpha value is -1.71. The van der Waals surface area contributed by atoms with E-state index in [-0.39, 0.29) is 5.56 Å². The van der Waals surface area contributed by atoms with E-state index < -0.39 is 0 Å². The molecule has 3 aromatic heterocycles. The Morgan fingerprint density at radius 3 is 2.76 bits per heavy atom. The first-order valence-electron chi connectivity index (χ1n) is 10.2. The number of thiophene rings is 1. The predicted octanol–water partition coefficient (Wildman–Crippen LogP) is 3.53. The molecule has 0 unspecified atom stereocenters. The number of fused-ring (bicyclic) bond motifs is 3. The van der Waals surface area contributed by atoms with Gasteiger partial charge >= 0.3 is 0 Å². The van der Waals surface area contributed by atoms with E-state index in [0.29, 0.717) is 24.1 Å². The minimum atomic E-state index is 0.107. The normalized spacial score (nSPS) is 14.1. The van der Waals surface area contributed by atoms with Crippen molar-refractivity contribution in [1.82, 2.24) is 24.6 Å². The summed E-state index contributed by atoms with van der Waals surface area (Å²) in [5, 5.41) is 9.72. The zero-order valence-corrected chi connectivity index (χ0v) is 18.9. The summed E-state index contributed by atoms with van der Waals surface area (Å²) < 4.78 is 7.49. The lowest BCUT2D eigenvalue weighted by Crippen LogP contribution is -2.25. The van der Waals surface area contributed by atoms with Gasteiger partial charge in [0.05, 0.1) is 11.1 Å². The van der Waals surface area contributed by atoms with Crippen LogP contribution in [0.5, 0.6) is 0 Å². The lowest BCUT2D eigenvalue weighted by atomic mass is 9.97. The van der Waals surface area contributed by atoms with Crippen LogP contribution in [0.3, 0.4) is 0 Å². The van der Waals surface area contributed by atoms with Gasteiger partial charge in [0.25, 0.3) is 5.56 Å². The number of thioether (sulfide) groups is 1. The van der Waals surface area contributed by atoms with Crippen LogP contribution in [-0.4, -0.2) is 45.3 Å². The number of hydrogen-bond acceptors (Lipinski definition) is 8. The van der Waals surface area contributed by atoms with Crippen molar-refractivity contribution in [1.29, 1.82) is 0 Å². The Balaban J connectivity index is 1.68. The molecule has 0 radical (unpaired) electrons. The fraction of sp³-hybridized carbons (Fsp3) is 0.600. The summed E-state index contributed by atoms with van der Waals surface area (Å²) in [5.41, 5.74) is 1.35. The summed E-state index contributed by atoms with van der Waals surface area (Å²) in [4.78, 5) is 22.8. The van der Waals surface area contributed by atoms with E-state index in [1.807, 2.05) is 11.5 Å². The van der Waals surface area contributed by atoms with Gasteiger partial charge in [-0.15, -0.1) is 21.5 Å². The van der Waals surface area contributed by atoms with Crippen molar-refractivity contribution in [3.8, 4) is 0 Å². The molecule has 0 fully saturated rings. The molecule has 1 aliphatic carbocycles. The van der Waals surface area contributed by atoms with E-state index in [0.717, 1.165) is 54.0 Å². The van der Waals surface area contributed by atoms with E-state index in [1.165, 1.54) is 28.6 Å². The van der Waals surface area contributed by atoms with Gasteiger partial charge in [-0.1, -0.05) is 18.7 Å². The molecule has 0 saturated heterocycles. The highest BCUT2D eigenvalue weighted by molar-refractivity contribution is 7.98. The minimum Gasteiger partial charge on any atom is -0.424 e. The molecule has 0 aromatic carbocycles. The van der Waals surface area contributed by atoms with Gasteiger partial charge in [-0.25, -0.2) is 4.98 Å². The van der Waals surface area contributed by atoms with Crippen LogP contribution < -0.4 is 5.56 Å². The monoisotopic (exact) mass is 433 g/mol.